The van der Waals surface area contributed by atoms with Crippen molar-refractivity contribution in [2.75, 3.05) is 6.61 Å². The molecule has 0 heterocycles. The SMILES string of the molecule is C/C=C\COc1cc2ccc(C)c(F)c2c(F)c1F. The first kappa shape index (κ1) is 13.5. The molecule has 0 aliphatic heterocycles. The molecule has 0 aliphatic carbocycles. The highest BCUT2D eigenvalue weighted by Crippen LogP contribution is 2.31. The van der Waals surface area contributed by atoms with Gasteiger partial charge in [-0.05, 0) is 30.9 Å². The van der Waals surface area contributed by atoms with Crippen LogP contribution in [0.25, 0.3) is 10.8 Å². The van der Waals surface area contributed by atoms with Crippen molar-refractivity contribution in [2.24, 2.45) is 0 Å². The number of allylic oxidation sites excluding steroid dienone is 1. The first-order valence-corrected chi connectivity index (χ1v) is 5.87. The molecule has 0 saturated heterocycles. The zero-order valence-corrected chi connectivity index (χ0v) is 10.6. The molecule has 2 rings (SSSR count). The molecular weight excluding hydrogens is 253 g/mol. The molecule has 0 radical (unpaired) electrons. The van der Waals surface area contributed by atoms with Gasteiger partial charge < -0.3 is 4.74 Å². The standard InChI is InChI=1S/C15H13F3O/c1-3-4-7-19-11-8-10-6-5-9(2)13(16)12(10)15(18)14(11)17/h3-6,8H,7H2,1-2H3/b4-3-. The molecule has 0 amide bonds. The molecule has 0 aliphatic rings. The van der Waals surface area contributed by atoms with Gasteiger partial charge in [-0.1, -0.05) is 24.3 Å². The van der Waals surface area contributed by atoms with Crippen molar-refractivity contribution >= 4 is 10.8 Å². The van der Waals surface area contributed by atoms with Crippen LogP contribution < -0.4 is 4.74 Å². The minimum Gasteiger partial charge on any atom is -0.486 e. The summed E-state index contributed by atoms with van der Waals surface area (Å²) in [6.07, 6.45) is 3.40. The Balaban J connectivity index is 2.58. The number of fused-ring (bicyclic) bond motifs is 1. The normalized spacial score (nSPS) is 11.4. The van der Waals surface area contributed by atoms with Gasteiger partial charge in [0.2, 0.25) is 5.82 Å². The van der Waals surface area contributed by atoms with E-state index < -0.39 is 17.5 Å². The first-order chi connectivity index (χ1) is 9.06. The smallest absolute Gasteiger partial charge is 0.201 e. The summed E-state index contributed by atoms with van der Waals surface area (Å²) in [4.78, 5) is 0. The molecule has 19 heavy (non-hydrogen) atoms. The lowest BCUT2D eigenvalue weighted by molar-refractivity contribution is 0.333. The second kappa shape index (κ2) is 5.34. The summed E-state index contributed by atoms with van der Waals surface area (Å²) in [6.45, 7) is 3.42. The van der Waals surface area contributed by atoms with Crippen LogP contribution in [0.5, 0.6) is 5.75 Å². The Bertz CT molecular complexity index is 648. The van der Waals surface area contributed by atoms with Gasteiger partial charge in [0, 0.05) is 0 Å². The van der Waals surface area contributed by atoms with Crippen molar-refractivity contribution in [3.63, 3.8) is 0 Å². The molecular formula is C15H13F3O. The van der Waals surface area contributed by atoms with Crippen molar-refractivity contribution in [3.05, 3.63) is 53.4 Å². The Hall–Kier alpha value is -1.97. The van der Waals surface area contributed by atoms with Crippen LogP contribution in [0.1, 0.15) is 12.5 Å². The fourth-order valence-corrected chi connectivity index (χ4v) is 1.80. The number of benzene rings is 2. The van der Waals surface area contributed by atoms with E-state index in [1.165, 1.54) is 19.1 Å². The highest BCUT2D eigenvalue weighted by Gasteiger charge is 2.18. The van der Waals surface area contributed by atoms with Gasteiger partial charge in [0.25, 0.3) is 0 Å². The highest BCUT2D eigenvalue weighted by molar-refractivity contribution is 5.86. The second-order valence-electron chi connectivity index (χ2n) is 4.18. The first-order valence-electron chi connectivity index (χ1n) is 5.87. The Kier molecular flexibility index (Phi) is 3.79. The largest absolute Gasteiger partial charge is 0.486 e. The van der Waals surface area contributed by atoms with Crippen LogP contribution in [-0.2, 0) is 0 Å². The summed E-state index contributed by atoms with van der Waals surface area (Å²) < 4.78 is 46.6. The molecule has 0 spiro atoms. The number of hydrogen-bond donors (Lipinski definition) is 0. The van der Waals surface area contributed by atoms with Crippen LogP contribution in [0.2, 0.25) is 0 Å². The lowest BCUT2D eigenvalue weighted by atomic mass is 10.1. The lowest BCUT2D eigenvalue weighted by Gasteiger charge is -2.10. The molecule has 0 bridgehead atoms. The van der Waals surface area contributed by atoms with E-state index in [1.807, 2.05) is 0 Å². The molecule has 0 aromatic heterocycles. The molecule has 100 valence electrons. The van der Waals surface area contributed by atoms with Crippen molar-refractivity contribution in [3.8, 4) is 5.75 Å². The van der Waals surface area contributed by atoms with Crippen LogP contribution in [0.15, 0.2) is 30.4 Å². The van der Waals surface area contributed by atoms with Gasteiger partial charge in [-0.3, -0.25) is 0 Å². The van der Waals surface area contributed by atoms with E-state index >= 15 is 0 Å². The molecule has 0 unspecified atom stereocenters. The van der Waals surface area contributed by atoms with Crippen molar-refractivity contribution in [1.82, 2.24) is 0 Å². The molecule has 0 N–H and O–H groups in total. The van der Waals surface area contributed by atoms with Gasteiger partial charge in [0.15, 0.2) is 11.6 Å². The third-order valence-corrected chi connectivity index (χ3v) is 2.85. The number of ether oxygens (including phenoxy) is 1. The van der Waals surface area contributed by atoms with E-state index in [4.69, 9.17) is 4.74 Å². The van der Waals surface area contributed by atoms with E-state index in [0.29, 0.717) is 0 Å². The van der Waals surface area contributed by atoms with Gasteiger partial charge in [-0.2, -0.15) is 4.39 Å². The minimum atomic E-state index is -1.21. The van der Waals surface area contributed by atoms with Gasteiger partial charge in [0.1, 0.15) is 12.4 Å². The zero-order valence-electron chi connectivity index (χ0n) is 10.6. The van der Waals surface area contributed by atoms with Crippen LogP contribution in [0.3, 0.4) is 0 Å². The third kappa shape index (κ3) is 2.43. The summed E-state index contributed by atoms with van der Waals surface area (Å²) in [5, 5.41) is -0.0617. The van der Waals surface area contributed by atoms with Crippen molar-refractivity contribution < 1.29 is 17.9 Å². The quantitative estimate of drug-likeness (QED) is 0.742. The zero-order chi connectivity index (χ0) is 14.0. The Labute approximate surface area is 109 Å². The molecule has 1 nitrogen and oxygen atoms in total. The number of halogens is 3. The van der Waals surface area contributed by atoms with Gasteiger partial charge in [-0.15, -0.1) is 0 Å². The van der Waals surface area contributed by atoms with Crippen molar-refractivity contribution in [2.45, 2.75) is 13.8 Å². The van der Waals surface area contributed by atoms with E-state index in [0.717, 1.165) is 0 Å². The average Bonchev–Trinajstić information content (AvgIpc) is 2.39. The lowest BCUT2D eigenvalue weighted by Crippen LogP contribution is -2.00. The number of hydrogen-bond acceptors (Lipinski definition) is 1. The molecule has 2 aromatic carbocycles. The molecule has 0 atom stereocenters. The Morgan fingerprint density at radius 3 is 2.53 bits per heavy atom. The van der Waals surface area contributed by atoms with Crippen LogP contribution in [0.4, 0.5) is 13.2 Å². The van der Waals surface area contributed by atoms with E-state index in [9.17, 15) is 13.2 Å². The van der Waals surface area contributed by atoms with Gasteiger partial charge >= 0.3 is 0 Å². The maximum absolute atomic E-state index is 13.9. The maximum Gasteiger partial charge on any atom is 0.201 e. The summed E-state index contributed by atoms with van der Waals surface area (Å²) in [5.74, 6) is -3.34. The molecule has 0 saturated carbocycles. The predicted octanol–water partition coefficient (Wildman–Crippen LogP) is 4.52. The van der Waals surface area contributed by atoms with E-state index in [1.54, 1.807) is 25.1 Å². The van der Waals surface area contributed by atoms with E-state index in [2.05, 4.69) is 0 Å². The fourth-order valence-electron chi connectivity index (χ4n) is 1.80. The third-order valence-electron chi connectivity index (χ3n) is 2.85. The average molecular weight is 266 g/mol. The van der Waals surface area contributed by atoms with Crippen LogP contribution >= 0.6 is 0 Å². The van der Waals surface area contributed by atoms with Crippen molar-refractivity contribution in [1.29, 1.82) is 0 Å². The number of rotatable bonds is 3. The fraction of sp³-hybridized carbons (Fsp3) is 0.200. The highest BCUT2D eigenvalue weighted by atomic mass is 19.2. The topological polar surface area (TPSA) is 9.23 Å². The van der Waals surface area contributed by atoms with Crippen LogP contribution in [0, 0.1) is 24.4 Å². The maximum atomic E-state index is 13.9. The monoisotopic (exact) mass is 266 g/mol. The Morgan fingerprint density at radius 2 is 1.84 bits per heavy atom. The predicted molar refractivity (Wildman–Crippen MR) is 68.9 cm³/mol. The summed E-state index contributed by atoms with van der Waals surface area (Å²) in [6, 6.07) is 4.36. The summed E-state index contributed by atoms with van der Waals surface area (Å²) in [5.41, 5.74) is 0.272. The van der Waals surface area contributed by atoms with Gasteiger partial charge in [-0.25, -0.2) is 8.78 Å². The second-order valence-corrected chi connectivity index (χ2v) is 4.18. The van der Waals surface area contributed by atoms with E-state index in [-0.39, 0.29) is 28.7 Å². The molecule has 2 aromatic rings. The van der Waals surface area contributed by atoms with Gasteiger partial charge in [0.05, 0.1) is 5.39 Å². The summed E-state index contributed by atoms with van der Waals surface area (Å²) >= 11 is 0. The molecule has 4 heteroatoms. The Morgan fingerprint density at radius 1 is 1.11 bits per heavy atom. The minimum absolute atomic E-state index is 0.132. The molecule has 0 fully saturated rings. The number of aryl methyl sites for hydroxylation is 1. The van der Waals surface area contributed by atoms with Crippen LogP contribution in [-0.4, -0.2) is 6.61 Å². The summed E-state index contributed by atoms with van der Waals surface area (Å²) in [7, 11) is 0.